The summed E-state index contributed by atoms with van der Waals surface area (Å²) in [6.45, 7) is 0.457. The number of nitrogens with one attached hydrogen (secondary N) is 2. The third kappa shape index (κ3) is 5.83. The van der Waals surface area contributed by atoms with Gasteiger partial charge in [-0.25, -0.2) is 0 Å². The molecule has 0 bridgehead atoms. The van der Waals surface area contributed by atoms with Crippen molar-refractivity contribution >= 4 is 29.2 Å². The minimum Gasteiger partial charge on any atom is -0.489 e. The van der Waals surface area contributed by atoms with E-state index in [1.165, 1.54) is 17.4 Å². The number of hydrogen-bond acceptors (Lipinski definition) is 4. The van der Waals surface area contributed by atoms with Gasteiger partial charge in [0.25, 0.3) is 11.8 Å². The molecule has 0 fully saturated rings. The Bertz CT molecular complexity index is 904. The monoisotopic (exact) mass is 378 g/mol. The van der Waals surface area contributed by atoms with Crippen molar-refractivity contribution in [2.75, 3.05) is 0 Å². The Balaban J connectivity index is 1.46. The van der Waals surface area contributed by atoms with Gasteiger partial charge in [0.2, 0.25) is 0 Å². The molecule has 0 unspecified atom stereocenters. The second-order valence-corrected chi connectivity index (χ2v) is 6.57. The maximum absolute atomic E-state index is 12.1. The predicted octanol–water partition coefficient (Wildman–Crippen LogP) is 3.80. The topological polar surface area (TPSA) is 67.4 Å². The number of ether oxygens (including phenoxy) is 1. The largest absolute Gasteiger partial charge is 0.489 e. The molecule has 5 nitrogen and oxygen atoms in total. The van der Waals surface area contributed by atoms with E-state index in [0.717, 1.165) is 10.4 Å². The average Bonchev–Trinajstić information content (AvgIpc) is 3.24. The van der Waals surface area contributed by atoms with Gasteiger partial charge >= 0.3 is 0 Å². The first-order chi connectivity index (χ1) is 13.2. The molecule has 2 N–H and O–H groups in total. The number of carbonyl (C=O) groups is 2. The van der Waals surface area contributed by atoms with E-state index in [9.17, 15) is 9.59 Å². The lowest BCUT2D eigenvalue weighted by Crippen LogP contribution is -2.40. The van der Waals surface area contributed by atoms with Crippen molar-refractivity contribution in [3.05, 3.63) is 94.2 Å². The van der Waals surface area contributed by atoms with Crippen LogP contribution in [0.15, 0.2) is 78.2 Å². The SMILES string of the molecule is O=C(/C=C/c1cccs1)NNC(=O)c1ccc(OCc2ccccc2)cc1. The van der Waals surface area contributed by atoms with Crippen LogP contribution in [0.5, 0.6) is 5.75 Å². The third-order valence-corrected chi connectivity index (χ3v) is 4.44. The van der Waals surface area contributed by atoms with Crippen molar-refractivity contribution in [1.29, 1.82) is 0 Å². The molecule has 1 heterocycles. The summed E-state index contributed by atoms with van der Waals surface area (Å²) in [6.07, 6.45) is 3.05. The van der Waals surface area contributed by atoms with Gasteiger partial charge in [-0.3, -0.25) is 20.4 Å². The van der Waals surface area contributed by atoms with Crippen LogP contribution in [-0.2, 0) is 11.4 Å². The highest BCUT2D eigenvalue weighted by atomic mass is 32.1. The van der Waals surface area contributed by atoms with E-state index in [4.69, 9.17) is 4.74 Å². The maximum atomic E-state index is 12.1. The van der Waals surface area contributed by atoms with Gasteiger partial charge in [-0.05, 0) is 47.4 Å². The van der Waals surface area contributed by atoms with Crippen LogP contribution in [0, 0.1) is 0 Å². The van der Waals surface area contributed by atoms with Crippen LogP contribution in [0.25, 0.3) is 6.08 Å². The van der Waals surface area contributed by atoms with Crippen LogP contribution in [0.1, 0.15) is 20.8 Å². The Hall–Kier alpha value is -3.38. The minimum atomic E-state index is -0.403. The number of hydrazine groups is 1. The van der Waals surface area contributed by atoms with Crippen LogP contribution in [0.3, 0.4) is 0 Å². The molecule has 0 saturated carbocycles. The Morgan fingerprint density at radius 1 is 0.926 bits per heavy atom. The number of carbonyl (C=O) groups excluding carboxylic acids is 2. The summed E-state index contributed by atoms with van der Waals surface area (Å²) in [5, 5.41) is 1.92. The van der Waals surface area contributed by atoms with E-state index in [1.54, 1.807) is 30.3 Å². The average molecular weight is 378 g/mol. The van der Waals surface area contributed by atoms with Gasteiger partial charge in [-0.15, -0.1) is 11.3 Å². The number of rotatable bonds is 6. The standard InChI is InChI=1S/C21H18N2O3S/c24-20(13-12-19-7-4-14-27-19)22-23-21(25)17-8-10-18(11-9-17)26-15-16-5-2-1-3-6-16/h1-14H,15H2,(H,22,24)(H,23,25)/b13-12+. The normalized spacial score (nSPS) is 10.5. The number of benzene rings is 2. The fraction of sp³-hybridized carbons (Fsp3) is 0.0476. The molecule has 136 valence electrons. The second-order valence-electron chi connectivity index (χ2n) is 5.59. The number of thiophene rings is 1. The fourth-order valence-corrected chi connectivity index (χ4v) is 2.84. The van der Waals surface area contributed by atoms with Crippen molar-refractivity contribution in [1.82, 2.24) is 10.9 Å². The molecule has 0 radical (unpaired) electrons. The first kappa shape index (κ1) is 18.4. The third-order valence-electron chi connectivity index (χ3n) is 3.61. The smallest absolute Gasteiger partial charge is 0.269 e. The fourth-order valence-electron chi connectivity index (χ4n) is 2.22. The van der Waals surface area contributed by atoms with Crippen molar-refractivity contribution < 1.29 is 14.3 Å². The zero-order valence-corrected chi connectivity index (χ0v) is 15.2. The summed E-state index contributed by atoms with van der Waals surface area (Å²) < 4.78 is 5.68. The van der Waals surface area contributed by atoms with E-state index >= 15 is 0 Å². The van der Waals surface area contributed by atoms with Crippen molar-refractivity contribution in [2.24, 2.45) is 0 Å². The summed E-state index contributed by atoms with van der Waals surface area (Å²) in [7, 11) is 0. The lowest BCUT2D eigenvalue weighted by atomic mass is 10.2. The zero-order chi connectivity index (χ0) is 18.9. The molecule has 0 aliphatic rings. The quantitative estimate of drug-likeness (QED) is 0.506. The van der Waals surface area contributed by atoms with E-state index in [0.29, 0.717) is 17.9 Å². The highest BCUT2D eigenvalue weighted by molar-refractivity contribution is 7.10. The van der Waals surface area contributed by atoms with Gasteiger partial charge in [0, 0.05) is 16.5 Å². The molecule has 27 heavy (non-hydrogen) atoms. The molecule has 6 heteroatoms. The zero-order valence-electron chi connectivity index (χ0n) is 14.4. The van der Waals surface area contributed by atoms with Gasteiger partial charge in [0.05, 0.1) is 0 Å². The van der Waals surface area contributed by atoms with Gasteiger partial charge < -0.3 is 4.74 Å². The molecule has 0 spiro atoms. The molecule has 0 saturated heterocycles. The molecule has 0 aliphatic carbocycles. The molecular formula is C21H18N2O3S. The number of hydrogen-bond donors (Lipinski definition) is 2. The lowest BCUT2D eigenvalue weighted by Gasteiger charge is -2.08. The molecule has 0 atom stereocenters. The molecule has 3 aromatic rings. The van der Waals surface area contributed by atoms with Gasteiger partial charge in [-0.2, -0.15) is 0 Å². The minimum absolute atomic E-state index is 0.400. The van der Waals surface area contributed by atoms with Crippen molar-refractivity contribution in [2.45, 2.75) is 6.61 Å². The Kier molecular flexibility index (Phi) is 6.38. The first-order valence-electron chi connectivity index (χ1n) is 8.29. The van der Waals surface area contributed by atoms with Crippen molar-refractivity contribution in [3.63, 3.8) is 0 Å². The van der Waals surface area contributed by atoms with Crippen LogP contribution in [0.2, 0.25) is 0 Å². The van der Waals surface area contributed by atoms with Gasteiger partial charge in [0.15, 0.2) is 0 Å². The summed E-state index contributed by atoms with van der Waals surface area (Å²) in [4.78, 5) is 24.8. The molecule has 0 aliphatic heterocycles. The molecule has 1 aromatic heterocycles. The van der Waals surface area contributed by atoms with Crippen LogP contribution in [-0.4, -0.2) is 11.8 Å². The highest BCUT2D eigenvalue weighted by Gasteiger charge is 2.06. The van der Waals surface area contributed by atoms with E-state index in [2.05, 4.69) is 10.9 Å². The first-order valence-corrected chi connectivity index (χ1v) is 9.17. The van der Waals surface area contributed by atoms with Crippen LogP contribution >= 0.6 is 11.3 Å². The molecule has 2 amide bonds. The van der Waals surface area contributed by atoms with Gasteiger partial charge in [-0.1, -0.05) is 36.4 Å². The molecular weight excluding hydrogens is 360 g/mol. The second kappa shape index (κ2) is 9.35. The Labute approximate surface area is 161 Å². The lowest BCUT2D eigenvalue weighted by molar-refractivity contribution is -0.117. The Morgan fingerprint density at radius 2 is 1.70 bits per heavy atom. The molecule has 2 aromatic carbocycles. The predicted molar refractivity (Wildman–Crippen MR) is 106 cm³/mol. The van der Waals surface area contributed by atoms with Crippen LogP contribution in [0.4, 0.5) is 0 Å². The van der Waals surface area contributed by atoms with Crippen molar-refractivity contribution in [3.8, 4) is 5.75 Å². The van der Waals surface area contributed by atoms with Gasteiger partial charge in [0.1, 0.15) is 12.4 Å². The maximum Gasteiger partial charge on any atom is 0.269 e. The molecule has 3 rings (SSSR count). The summed E-state index contributed by atoms with van der Waals surface area (Å²) in [5.74, 6) is -0.139. The van der Waals surface area contributed by atoms with Crippen LogP contribution < -0.4 is 15.6 Å². The summed E-state index contributed by atoms with van der Waals surface area (Å²) >= 11 is 1.52. The Morgan fingerprint density at radius 3 is 2.41 bits per heavy atom. The highest BCUT2D eigenvalue weighted by Crippen LogP contribution is 2.14. The van der Waals surface area contributed by atoms with E-state index < -0.39 is 11.8 Å². The summed E-state index contributed by atoms with van der Waals surface area (Å²) in [6, 6.07) is 20.3. The van der Waals surface area contributed by atoms with E-state index in [1.807, 2.05) is 47.8 Å². The van der Waals surface area contributed by atoms with E-state index in [-0.39, 0.29) is 0 Å². The number of amides is 2. The summed E-state index contributed by atoms with van der Waals surface area (Å²) in [5.41, 5.74) is 6.22.